The molecule has 4 nitrogen and oxygen atoms in total. The lowest BCUT2D eigenvalue weighted by Crippen LogP contribution is -1.90. The van der Waals surface area contributed by atoms with Crippen LogP contribution in [0.5, 0.6) is 22.3 Å². The molecule has 2 aromatic rings. The quantitative estimate of drug-likeness (QED) is 0.819. The van der Waals surface area contributed by atoms with Crippen LogP contribution in [0.2, 0.25) is 0 Å². The first-order valence-electron chi connectivity index (χ1n) is 4.62. The van der Waals surface area contributed by atoms with Crippen molar-refractivity contribution in [2.75, 3.05) is 14.2 Å². The first kappa shape index (κ1) is 10.8. The number of ether oxygens (including phenoxy) is 3. The van der Waals surface area contributed by atoms with Crippen LogP contribution >= 0.6 is 11.3 Å². The number of hydrogen-bond donors (Lipinski definition) is 0. The summed E-state index contributed by atoms with van der Waals surface area (Å²) in [7, 11) is 3.21. The molecule has 0 bridgehead atoms. The maximum absolute atomic E-state index is 5.63. The van der Waals surface area contributed by atoms with Crippen molar-refractivity contribution < 1.29 is 14.2 Å². The monoisotopic (exact) mass is 237 g/mol. The molecule has 0 spiro atoms. The highest BCUT2D eigenvalue weighted by molar-refractivity contribution is 7.11. The average Bonchev–Trinajstić information content (AvgIpc) is 2.82. The van der Waals surface area contributed by atoms with E-state index in [1.807, 2.05) is 6.07 Å². The van der Waals surface area contributed by atoms with Gasteiger partial charge in [0, 0.05) is 6.07 Å². The molecular weight excluding hydrogens is 226 g/mol. The van der Waals surface area contributed by atoms with E-state index >= 15 is 0 Å². The van der Waals surface area contributed by atoms with Gasteiger partial charge in [0.2, 0.25) is 5.06 Å². The Balaban J connectivity index is 2.30. The van der Waals surface area contributed by atoms with Crippen molar-refractivity contribution in [3.05, 3.63) is 29.9 Å². The lowest BCUT2D eigenvalue weighted by atomic mass is 10.3. The van der Waals surface area contributed by atoms with Gasteiger partial charge in [-0.1, -0.05) is 11.3 Å². The van der Waals surface area contributed by atoms with Crippen molar-refractivity contribution in [3.8, 4) is 22.3 Å². The molecule has 0 atom stereocenters. The summed E-state index contributed by atoms with van der Waals surface area (Å²) in [5.41, 5.74) is 1.71. The molecule has 0 aliphatic rings. The summed E-state index contributed by atoms with van der Waals surface area (Å²) in [4.78, 5) is 3.94. The van der Waals surface area contributed by atoms with Crippen LogP contribution in [0.4, 0.5) is 0 Å². The summed E-state index contributed by atoms with van der Waals surface area (Å²) in [6.45, 7) is 0. The molecule has 0 radical (unpaired) electrons. The summed E-state index contributed by atoms with van der Waals surface area (Å²) in [6.07, 6.45) is 1.66. The molecule has 5 heteroatoms. The minimum absolute atomic E-state index is 0.617. The van der Waals surface area contributed by atoms with Crippen LogP contribution < -0.4 is 14.2 Å². The van der Waals surface area contributed by atoms with Crippen molar-refractivity contribution in [1.82, 2.24) is 4.98 Å². The third-order valence-corrected chi connectivity index (χ3v) is 2.64. The van der Waals surface area contributed by atoms with Gasteiger partial charge >= 0.3 is 0 Å². The highest BCUT2D eigenvalue weighted by Gasteiger charge is 2.08. The first-order chi connectivity index (χ1) is 7.83. The fourth-order valence-corrected chi connectivity index (χ4v) is 1.71. The van der Waals surface area contributed by atoms with Gasteiger partial charge in [0.05, 0.1) is 25.9 Å². The Kier molecular flexibility index (Phi) is 3.26. The van der Waals surface area contributed by atoms with Crippen molar-refractivity contribution in [1.29, 1.82) is 0 Å². The Morgan fingerprint density at radius 1 is 1.12 bits per heavy atom. The van der Waals surface area contributed by atoms with E-state index in [-0.39, 0.29) is 0 Å². The number of aromatic nitrogens is 1. The first-order valence-corrected chi connectivity index (χ1v) is 5.50. The smallest absolute Gasteiger partial charge is 0.200 e. The van der Waals surface area contributed by atoms with E-state index in [2.05, 4.69) is 4.98 Å². The van der Waals surface area contributed by atoms with E-state index in [4.69, 9.17) is 14.2 Å². The molecule has 0 aliphatic heterocycles. The van der Waals surface area contributed by atoms with Gasteiger partial charge in [0.1, 0.15) is 5.75 Å². The van der Waals surface area contributed by atoms with E-state index in [9.17, 15) is 0 Å². The number of thiazole rings is 1. The van der Waals surface area contributed by atoms with E-state index in [1.54, 1.807) is 38.1 Å². The normalized spacial score (nSPS) is 9.88. The summed E-state index contributed by atoms with van der Waals surface area (Å²) < 4.78 is 16.0. The fourth-order valence-electron chi connectivity index (χ4n) is 1.23. The minimum atomic E-state index is 0.617. The van der Waals surface area contributed by atoms with Gasteiger partial charge in [-0.15, -0.1) is 0 Å². The van der Waals surface area contributed by atoms with Crippen LogP contribution in [0.15, 0.2) is 29.9 Å². The maximum Gasteiger partial charge on any atom is 0.200 e. The largest absolute Gasteiger partial charge is 0.497 e. The highest BCUT2D eigenvalue weighted by Crippen LogP contribution is 2.35. The van der Waals surface area contributed by atoms with Crippen LogP contribution in [0.1, 0.15) is 0 Å². The van der Waals surface area contributed by atoms with Gasteiger partial charge in [-0.25, -0.2) is 4.98 Å². The van der Waals surface area contributed by atoms with Gasteiger partial charge in [-0.3, -0.25) is 0 Å². The second-order valence-electron chi connectivity index (χ2n) is 2.94. The lowest BCUT2D eigenvalue weighted by Gasteiger charge is -2.09. The number of rotatable bonds is 4. The van der Waals surface area contributed by atoms with Crippen LogP contribution in [0.3, 0.4) is 0 Å². The summed E-state index contributed by atoms with van der Waals surface area (Å²) in [5, 5.41) is 0.714. The molecule has 1 aromatic heterocycles. The lowest BCUT2D eigenvalue weighted by molar-refractivity contribution is 0.373. The van der Waals surface area contributed by atoms with Crippen LogP contribution in [0, 0.1) is 0 Å². The van der Waals surface area contributed by atoms with E-state index in [0.717, 1.165) is 5.75 Å². The SMILES string of the molecule is COc1ccc(OC)c(Oc2cncs2)c1. The molecule has 2 rings (SSSR count). The van der Waals surface area contributed by atoms with Crippen LogP contribution in [0.25, 0.3) is 0 Å². The molecule has 16 heavy (non-hydrogen) atoms. The number of methoxy groups -OCH3 is 2. The average molecular weight is 237 g/mol. The Bertz CT molecular complexity index is 456. The Morgan fingerprint density at radius 2 is 2.00 bits per heavy atom. The number of benzene rings is 1. The molecule has 0 N–H and O–H groups in total. The van der Waals surface area contributed by atoms with Crippen molar-refractivity contribution in [2.45, 2.75) is 0 Å². The second kappa shape index (κ2) is 4.85. The molecule has 0 saturated heterocycles. The van der Waals surface area contributed by atoms with Crippen LogP contribution in [-0.4, -0.2) is 19.2 Å². The molecule has 0 aliphatic carbocycles. The number of nitrogens with zero attached hydrogens (tertiary/aromatic N) is 1. The second-order valence-corrected chi connectivity index (χ2v) is 3.79. The van der Waals surface area contributed by atoms with Gasteiger partial charge in [-0.2, -0.15) is 0 Å². The Morgan fingerprint density at radius 3 is 2.62 bits per heavy atom. The van der Waals surface area contributed by atoms with E-state index in [0.29, 0.717) is 16.6 Å². The number of hydrogen-bond acceptors (Lipinski definition) is 5. The molecular formula is C11H11NO3S. The predicted octanol–water partition coefficient (Wildman–Crippen LogP) is 2.95. The third kappa shape index (κ3) is 2.25. The predicted molar refractivity (Wildman–Crippen MR) is 61.7 cm³/mol. The molecule has 1 aromatic carbocycles. The minimum Gasteiger partial charge on any atom is -0.497 e. The molecule has 84 valence electrons. The third-order valence-electron chi connectivity index (χ3n) is 1.99. The van der Waals surface area contributed by atoms with Crippen LogP contribution in [-0.2, 0) is 0 Å². The molecule has 0 amide bonds. The van der Waals surface area contributed by atoms with Gasteiger partial charge in [0.15, 0.2) is 11.5 Å². The van der Waals surface area contributed by atoms with Gasteiger partial charge in [0.25, 0.3) is 0 Å². The highest BCUT2D eigenvalue weighted by atomic mass is 32.1. The molecule has 0 saturated carbocycles. The zero-order valence-corrected chi connectivity index (χ0v) is 9.78. The topological polar surface area (TPSA) is 40.6 Å². The summed E-state index contributed by atoms with van der Waals surface area (Å²) in [6, 6.07) is 5.39. The molecule has 0 fully saturated rings. The van der Waals surface area contributed by atoms with Crippen molar-refractivity contribution >= 4 is 11.3 Å². The van der Waals surface area contributed by atoms with Crippen molar-refractivity contribution in [2.24, 2.45) is 0 Å². The summed E-state index contributed by atoms with van der Waals surface area (Å²) >= 11 is 1.42. The zero-order valence-electron chi connectivity index (χ0n) is 8.97. The Hall–Kier alpha value is -1.75. The Labute approximate surface area is 97.4 Å². The van der Waals surface area contributed by atoms with Gasteiger partial charge in [-0.05, 0) is 12.1 Å². The van der Waals surface area contributed by atoms with Gasteiger partial charge < -0.3 is 14.2 Å². The summed E-state index contributed by atoms with van der Waals surface area (Å²) in [5.74, 6) is 2.00. The molecule has 0 unspecified atom stereocenters. The maximum atomic E-state index is 5.63. The standard InChI is InChI=1S/C11H11NO3S/c1-13-8-3-4-9(14-2)10(5-8)15-11-6-12-7-16-11/h3-7H,1-2H3. The van der Waals surface area contributed by atoms with E-state index in [1.165, 1.54) is 11.3 Å². The van der Waals surface area contributed by atoms with Crippen molar-refractivity contribution in [3.63, 3.8) is 0 Å². The molecule has 1 heterocycles. The zero-order chi connectivity index (χ0) is 11.4. The fraction of sp³-hybridized carbons (Fsp3) is 0.182. The van der Waals surface area contributed by atoms with E-state index < -0.39 is 0 Å².